The van der Waals surface area contributed by atoms with Gasteiger partial charge in [-0.25, -0.2) is 0 Å². The van der Waals surface area contributed by atoms with E-state index in [4.69, 9.17) is 4.74 Å². The Labute approximate surface area is 113 Å². The molecule has 0 saturated heterocycles. The maximum Gasteiger partial charge on any atom is 0.133 e. The molecule has 1 aromatic heterocycles. The summed E-state index contributed by atoms with van der Waals surface area (Å²) in [4.78, 5) is 0. The highest BCUT2D eigenvalue weighted by molar-refractivity contribution is 5.20. The lowest BCUT2D eigenvalue weighted by atomic mass is 10.3. The van der Waals surface area contributed by atoms with E-state index in [0.29, 0.717) is 0 Å². The van der Waals surface area contributed by atoms with Gasteiger partial charge in [0.05, 0.1) is 6.61 Å². The molecule has 2 rings (SSSR count). The van der Waals surface area contributed by atoms with E-state index >= 15 is 0 Å². The number of nitrogens with one attached hydrogen (secondary N) is 1. The van der Waals surface area contributed by atoms with Crippen LogP contribution in [0.4, 0.5) is 0 Å². The van der Waals surface area contributed by atoms with E-state index in [9.17, 15) is 0 Å². The van der Waals surface area contributed by atoms with E-state index in [0.717, 1.165) is 44.1 Å². The van der Waals surface area contributed by atoms with Crippen molar-refractivity contribution in [3.05, 3.63) is 42.5 Å². The minimum absolute atomic E-state index is 0.737. The second kappa shape index (κ2) is 7.53. The normalized spacial score (nSPS) is 10.6. The Balaban J connectivity index is 1.50. The Hall–Kier alpha value is -1.88. The van der Waals surface area contributed by atoms with Gasteiger partial charge in [-0.2, -0.15) is 0 Å². The molecule has 19 heavy (non-hydrogen) atoms. The first kappa shape index (κ1) is 13.5. The van der Waals surface area contributed by atoms with Gasteiger partial charge in [-0.05, 0) is 25.1 Å². The Bertz CT molecular complexity index is 469. The van der Waals surface area contributed by atoms with Gasteiger partial charge in [-0.15, -0.1) is 10.2 Å². The third kappa shape index (κ3) is 4.71. The number of rotatable bonds is 8. The van der Waals surface area contributed by atoms with Crippen molar-refractivity contribution in [3.63, 3.8) is 0 Å². The molecular formula is C14H20N4O. The van der Waals surface area contributed by atoms with Crippen LogP contribution in [0.3, 0.4) is 0 Å². The molecular weight excluding hydrogens is 240 g/mol. The van der Waals surface area contributed by atoms with Crippen molar-refractivity contribution in [2.45, 2.75) is 12.8 Å². The maximum atomic E-state index is 5.61. The molecule has 0 aliphatic heterocycles. The number of nitrogens with zero attached hydrogens (tertiary/aromatic N) is 3. The lowest BCUT2D eigenvalue weighted by Crippen LogP contribution is -2.21. The molecule has 0 amide bonds. The van der Waals surface area contributed by atoms with Crippen LogP contribution in [-0.2, 0) is 13.5 Å². The number of ether oxygens (including phenoxy) is 1. The number of aromatic nitrogens is 3. The third-order valence-corrected chi connectivity index (χ3v) is 2.84. The van der Waals surface area contributed by atoms with Crippen LogP contribution in [0.15, 0.2) is 36.7 Å². The van der Waals surface area contributed by atoms with Gasteiger partial charge in [0.25, 0.3) is 0 Å². The molecule has 0 radical (unpaired) electrons. The molecule has 5 heteroatoms. The zero-order valence-corrected chi connectivity index (χ0v) is 11.2. The molecule has 0 fully saturated rings. The summed E-state index contributed by atoms with van der Waals surface area (Å²) >= 11 is 0. The molecule has 1 heterocycles. The topological polar surface area (TPSA) is 52.0 Å². The van der Waals surface area contributed by atoms with Gasteiger partial charge in [0.15, 0.2) is 0 Å². The van der Waals surface area contributed by atoms with Gasteiger partial charge in [0.2, 0.25) is 0 Å². The van der Waals surface area contributed by atoms with Gasteiger partial charge >= 0.3 is 0 Å². The van der Waals surface area contributed by atoms with Crippen LogP contribution in [-0.4, -0.2) is 34.5 Å². The Morgan fingerprint density at radius 2 is 2.05 bits per heavy atom. The van der Waals surface area contributed by atoms with Crippen LogP contribution < -0.4 is 10.1 Å². The molecule has 0 spiro atoms. The first-order valence-electron chi connectivity index (χ1n) is 6.57. The lowest BCUT2D eigenvalue weighted by molar-refractivity contribution is 0.308. The van der Waals surface area contributed by atoms with Crippen molar-refractivity contribution >= 4 is 0 Å². The molecule has 1 aromatic carbocycles. The van der Waals surface area contributed by atoms with Crippen molar-refractivity contribution < 1.29 is 4.74 Å². The predicted octanol–water partition coefficient (Wildman–Crippen LogP) is 1.42. The average Bonchev–Trinajstić information content (AvgIpc) is 2.84. The molecule has 2 aromatic rings. The fourth-order valence-electron chi connectivity index (χ4n) is 1.76. The zero-order chi connectivity index (χ0) is 13.3. The summed E-state index contributed by atoms with van der Waals surface area (Å²) in [5, 5.41) is 11.3. The lowest BCUT2D eigenvalue weighted by Gasteiger charge is -2.07. The van der Waals surface area contributed by atoms with Crippen molar-refractivity contribution in [3.8, 4) is 5.75 Å². The quantitative estimate of drug-likeness (QED) is 0.729. The summed E-state index contributed by atoms with van der Waals surface area (Å²) in [7, 11) is 1.96. The highest BCUT2D eigenvalue weighted by Gasteiger charge is 1.99. The van der Waals surface area contributed by atoms with Gasteiger partial charge in [-0.3, -0.25) is 0 Å². The standard InChI is InChI=1S/C14H20N4O/c1-18-12-16-17-14(18)8-10-15-9-5-11-19-13-6-3-2-4-7-13/h2-4,6-7,12,15H,5,8-11H2,1H3. The molecule has 0 atom stereocenters. The van der Waals surface area contributed by atoms with Crippen LogP contribution in [0, 0.1) is 0 Å². The predicted molar refractivity (Wildman–Crippen MR) is 74.1 cm³/mol. The summed E-state index contributed by atoms with van der Waals surface area (Å²) in [6.45, 7) is 2.60. The van der Waals surface area contributed by atoms with E-state index < -0.39 is 0 Å². The SMILES string of the molecule is Cn1cnnc1CCNCCCOc1ccccc1. The maximum absolute atomic E-state index is 5.61. The van der Waals surface area contributed by atoms with E-state index in [2.05, 4.69) is 15.5 Å². The fraction of sp³-hybridized carbons (Fsp3) is 0.429. The van der Waals surface area contributed by atoms with Gasteiger partial charge < -0.3 is 14.6 Å². The number of benzene rings is 1. The van der Waals surface area contributed by atoms with Gasteiger partial charge in [0, 0.05) is 20.0 Å². The Kier molecular flexibility index (Phi) is 5.37. The number of aryl methyl sites for hydroxylation is 1. The molecule has 0 aliphatic carbocycles. The van der Waals surface area contributed by atoms with E-state index in [-0.39, 0.29) is 0 Å². The average molecular weight is 260 g/mol. The molecule has 0 saturated carbocycles. The van der Waals surface area contributed by atoms with Crippen LogP contribution in [0.1, 0.15) is 12.2 Å². The number of para-hydroxylation sites is 1. The second-order valence-corrected chi connectivity index (χ2v) is 4.37. The Morgan fingerprint density at radius 1 is 1.21 bits per heavy atom. The van der Waals surface area contributed by atoms with Gasteiger partial charge in [0.1, 0.15) is 17.9 Å². The van der Waals surface area contributed by atoms with E-state index in [1.165, 1.54) is 0 Å². The molecule has 1 N–H and O–H groups in total. The van der Waals surface area contributed by atoms with Crippen LogP contribution in [0.5, 0.6) is 5.75 Å². The second-order valence-electron chi connectivity index (χ2n) is 4.37. The minimum Gasteiger partial charge on any atom is -0.494 e. The van der Waals surface area contributed by atoms with Crippen LogP contribution >= 0.6 is 0 Å². The molecule has 0 unspecified atom stereocenters. The number of hydrogen-bond donors (Lipinski definition) is 1. The number of hydrogen-bond acceptors (Lipinski definition) is 4. The molecule has 0 aliphatic rings. The van der Waals surface area contributed by atoms with Crippen LogP contribution in [0.2, 0.25) is 0 Å². The first-order valence-corrected chi connectivity index (χ1v) is 6.57. The summed E-state index contributed by atoms with van der Waals surface area (Å²) in [6.07, 6.45) is 3.62. The van der Waals surface area contributed by atoms with Gasteiger partial charge in [-0.1, -0.05) is 18.2 Å². The zero-order valence-electron chi connectivity index (χ0n) is 11.2. The molecule has 0 bridgehead atoms. The Morgan fingerprint density at radius 3 is 2.79 bits per heavy atom. The smallest absolute Gasteiger partial charge is 0.133 e. The summed E-state index contributed by atoms with van der Waals surface area (Å²) < 4.78 is 7.56. The van der Waals surface area contributed by atoms with Crippen molar-refractivity contribution in [2.24, 2.45) is 7.05 Å². The first-order chi connectivity index (χ1) is 9.36. The highest BCUT2D eigenvalue weighted by Crippen LogP contribution is 2.07. The highest BCUT2D eigenvalue weighted by atomic mass is 16.5. The summed E-state index contributed by atoms with van der Waals surface area (Å²) in [5.74, 6) is 1.94. The van der Waals surface area contributed by atoms with Crippen molar-refractivity contribution in [1.82, 2.24) is 20.1 Å². The molecule has 5 nitrogen and oxygen atoms in total. The van der Waals surface area contributed by atoms with E-state index in [1.54, 1.807) is 6.33 Å². The monoisotopic (exact) mass is 260 g/mol. The molecule has 102 valence electrons. The largest absolute Gasteiger partial charge is 0.494 e. The minimum atomic E-state index is 0.737. The fourth-order valence-corrected chi connectivity index (χ4v) is 1.76. The van der Waals surface area contributed by atoms with Crippen molar-refractivity contribution in [1.29, 1.82) is 0 Å². The van der Waals surface area contributed by atoms with Crippen molar-refractivity contribution in [2.75, 3.05) is 19.7 Å². The third-order valence-electron chi connectivity index (χ3n) is 2.84. The van der Waals surface area contributed by atoms with Crippen LogP contribution in [0.25, 0.3) is 0 Å². The summed E-state index contributed by atoms with van der Waals surface area (Å²) in [5.41, 5.74) is 0. The van der Waals surface area contributed by atoms with E-state index in [1.807, 2.05) is 41.9 Å². The summed E-state index contributed by atoms with van der Waals surface area (Å²) in [6, 6.07) is 9.90.